The van der Waals surface area contributed by atoms with E-state index >= 15 is 0 Å². The Labute approximate surface area is 175 Å². The fourth-order valence-electron chi connectivity index (χ4n) is 2.91. The highest BCUT2D eigenvalue weighted by Crippen LogP contribution is 2.22. The number of ether oxygens (including phenoxy) is 2. The van der Waals surface area contributed by atoms with Gasteiger partial charge in [0.1, 0.15) is 18.1 Å². The van der Waals surface area contributed by atoms with Gasteiger partial charge in [-0.1, -0.05) is 60.7 Å². The van der Waals surface area contributed by atoms with Gasteiger partial charge in [0.15, 0.2) is 6.61 Å². The molecule has 3 aromatic rings. The number of aryl methyl sites for hydroxylation is 2. The van der Waals surface area contributed by atoms with Gasteiger partial charge in [-0.05, 0) is 42.7 Å². The molecule has 0 spiro atoms. The molecule has 0 bridgehead atoms. The van der Waals surface area contributed by atoms with Gasteiger partial charge in [0.2, 0.25) is 0 Å². The van der Waals surface area contributed by atoms with Crippen LogP contribution in [0.15, 0.2) is 72.8 Å². The van der Waals surface area contributed by atoms with E-state index in [1.165, 1.54) is 0 Å². The first-order chi connectivity index (χ1) is 14.5. The van der Waals surface area contributed by atoms with Crippen LogP contribution in [0.1, 0.15) is 27.0 Å². The summed E-state index contributed by atoms with van der Waals surface area (Å²) in [4.78, 5) is 24.6. The van der Waals surface area contributed by atoms with Crippen LogP contribution in [0.2, 0.25) is 0 Å². The van der Waals surface area contributed by atoms with Gasteiger partial charge in [0.25, 0.3) is 11.8 Å². The number of amides is 2. The zero-order valence-electron chi connectivity index (χ0n) is 17.0. The van der Waals surface area contributed by atoms with Crippen LogP contribution in [0.3, 0.4) is 0 Å². The topological polar surface area (TPSA) is 76.7 Å². The molecule has 2 N–H and O–H groups in total. The van der Waals surface area contributed by atoms with Crippen LogP contribution >= 0.6 is 0 Å². The van der Waals surface area contributed by atoms with Crippen LogP contribution in [0.5, 0.6) is 11.5 Å². The van der Waals surface area contributed by atoms with Crippen LogP contribution in [-0.2, 0) is 11.4 Å². The first-order valence-electron chi connectivity index (χ1n) is 9.58. The highest BCUT2D eigenvalue weighted by Gasteiger charge is 2.14. The molecular formula is C24H24N2O4. The molecule has 2 amide bonds. The largest absolute Gasteiger partial charge is 0.488 e. The summed E-state index contributed by atoms with van der Waals surface area (Å²) in [7, 11) is 0. The molecule has 0 unspecified atom stereocenters. The summed E-state index contributed by atoms with van der Waals surface area (Å²) in [6.07, 6.45) is 0. The van der Waals surface area contributed by atoms with E-state index in [-0.39, 0.29) is 6.61 Å². The van der Waals surface area contributed by atoms with Crippen molar-refractivity contribution in [1.82, 2.24) is 10.9 Å². The fraction of sp³-hybridized carbons (Fsp3) is 0.167. The third-order valence-electron chi connectivity index (χ3n) is 4.44. The Hall–Kier alpha value is -3.80. The van der Waals surface area contributed by atoms with Crippen molar-refractivity contribution in [2.45, 2.75) is 20.5 Å². The zero-order valence-corrected chi connectivity index (χ0v) is 17.0. The second-order valence-corrected chi connectivity index (χ2v) is 6.78. The van der Waals surface area contributed by atoms with E-state index in [1.54, 1.807) is 24.3 Å². The molecular weight excluding hydrogens is 380 g/mol. The van der Waals surface area contributed by atoms with Crippen LogP contribution < -0.4 is 20.3 Å². The maximum Gasteiger partial charge on any atom is 0.276 e. The summed E-state index contributed by atoms with van der Waals surface area (Å²) in [5.41, 5.74) is 7.97. The van der Waals surface area contributed by atoms with Gasteiger partial charge in [0.05, 0.1) is 5.56 Å². The molecule has 3 aromatic carbocycles. The maximum atomic E-state index is 12.5. The molecule has 6 heteroatoms. The molecule has 0 aliphatic carbocycles. The Kier molecular flexibility index (Phi) is 7.05. The molecule has 0 aliphatic rings. The number of para-hydroxylation sites is 2. The van der Waals surface area contributed by atoms with Gasteiger partial charge < -0.3 is 9.47 Å². The molecule has 30 heavy (non-hydrogen) atoms. The van der Waals surface area contributed by atoms with Gasteiger partial charge in [0, 0.05) is 0 Å². The van der Waals surface area contributed by atoms with E-state index in [4.69, 9.17) is 9.47 Å². The Bertz CT molecular complexity index is 998. The van der Waals surface area contributed by atoms with Crippen LogP contribution in [-0.4, -0.2) is 18.4 Å². The standard InChI is InChI=1S/C24H24N2O4/c1-17-9-8-10-18(2)23(17)30-16-22(27)25-26-24(28)20-13-6-7-14-21(20)29-15-19-11-4-3-5-12-19/h3-14H,15-16H2,1-2H3,(H,25,27)(H,26,28). The summed E-state index contributed by atoms with van der Waals surface area (Å²) >= 11 is 0. The molecule has 0 atom stereocenters. The quantitative estimate of drug-likeness (QED) is 0.589. The first-order valence-corrected chi connectivity index (χ1v) is 9.58. The Morgan fingerprint density at radius 2 is 1.43 bits per heavy atom. The van der Waals surface area contributed by atoms with Crippen LogP contribution in [0, 0.1) is 13.8 Å². The van der Waals surface area contributed by atoms with Gasteiger partial charge in [-0.2, -0.15) is 0 Å². The lowest BCUT2D eigenvalue weighted by atomic mass is 10.1. The van der Waals surface area contributed by atoms with Crippen molar-refractivity contribution in [3.8, 4) is 11.5 Å². The Morgan fingerprint density at radius 1 is 0.767 bits per heavy atom. The molecule has 3 rings (SSSR count). The highest BCUT2D eigenvalue weighted by atomic mass is 16.5. The molecule has 0 heterocycles. The average molecular weight is 404 g/mol. The summed E-state index contributed by atoms with van der Waals surface area (Å²) < 4.78 is 11.4. The van der Waals surface area contributed by atoms with E-state index in [2.05, 4.69) is 10.9 Å². The number of rotatable bonds is 7. The van der Waals surface area contributed by atoms with Gasteiger partial charge in [-0.3, -0.25) is 20.4 Å². The maximum absolute atomic E-state index is 12.5. The minimum atomic E-state index is -0.473. The first kappa shape index (κ1) is 20.9. The third-order valence-corrected chi connectivity index (χ3v) is 4.44. The smallest absolute Gasteiger partial charge is 0.276 e. The Balaban J connectivity index is 1.54. The second-order valence-electron chi connectivity index (χ2n) is 6.78. The van der Waals surface area contributed by atoms with E-state index in [0.29, 0.717) is 23.7 Å². The number of carbonyl (C=O) groups is 2. The van der Waals surface area contributed by atoms with Crippen molar-refractivity contribution in [2.75, 3.05) is 6.61 Å². The molecule has 0 saturated heterocycles. The summed E-state index contributed by atoms with van der Waals surface area (Å²) in [5, 5.41) is 0. The molecule has 0 aromatic heterocycles. The lowest BCUT2D eigenvalue weighted by molar-refractivity contribution is -0.123. The number of hydrazine groups is 1. The number of hydrogen-bond acceptors (Lipinski definition) is 4. The van der Waals surface area contributed by atoms with Crippen molar-refractivity contribution in [3.05, 3.63) is 95.1 Å². The van der Waals surface area contributed by atoms with E-state index in [0.717, 1.165) is 16.7 Å². The average Bonchev–Trinajstić information content (AvgIpc) is 2.76. The molecule has 0 aliphatic heterocycles. The highest BCUT2D eigenvalue weighted by molar-refractivity contribution is 5.97. The lowest BCUT2D eigenvalue weighted by Gasteiger charge is -2.14. The second kappa shape index (κ2) is 10.1. The third kappa shape index (κ3) is 5.61. The zero-order chi connectivity index (χ0) is 21.3. The predicted molar refractivity (Wildman–Crippen MR) is 114 cm³/mol. The molecule has 6 nitrogen and oxygen atoms in total. The van der Waals surface area contributed by atoms with E-state index < -0.39 is 11.8 Å². The predicted octanol–water partition coefficient (Wildman–Crippen LogP) is 3.72. The normalized spacial score (nSPS) is 10.2. The van der Waals surface area contributed by atoms with Gasteiger partial charge in [-0.15, -0.1) is 0 Å². The number of carbonyl (C=O) groups excluding carboxylic acids is 2. The van der Waals surface area contributed by atoms with Gasteiger partial charge in [-0.25, -0.2) is 0 Å². The van der Waals surface area contributed by atoms with E-state index in [1.807, 2.05) is 62.4 Å². The minimum Gasteiger partial charge on any atom is -0.488 e. The summed E-state index contributed by atoms with van der Waals surface area (Å²) in [6.45, 7) is 3.95. The number of hydrogen-bond donors (Lipinski definition) is 2. The van der Waals surface area contributed by atoms with Gasteiger partial charge >= 0.3 is 0 Å². The minimum absolute atomic E-state index is 0.210. The van der Waals surface area contributed by atoms with Crippen molar-refractivity contribution in [1.29, 1.82) is 0 Å². The lowest BCUT2D eigenvalue weighted by Crippen LogP contribution is -2.44. The summed E-state index contributed by atoms with van der Waals surface area (Å²) in [5.74, 6) is 0.159. The van der Waals surface area contributed by atoms with Crippen molar-refractivity contribution >= 4 is 11.8 Å². The number of nitrogens with one attached hydrogen (secondary N) is 2. The summed E-state index contributed by atoms with van der Waals surface area (Å²) in [6, 6.07) is 22.3. The molecule has 0 fully saturated rings. The fourth-order valence-corrected chi connectivity index (χ4v) is 2.91. The molecule has 154 valence electrons. The Morgan fingerprint density at radius 3 is 2.17 bits per heavy atom. The SMILES string of the molecule is Cc1cccc(C)c1OCC(=O)NNC(=O)c1ccccc1OCc1ccccc1. The van der Waals surface area contributed by atoms with E-state index in [9.17, 15) is 9.59 Å². The monoisotopic (exact) mass is 404 g/mol. The van der Waals surface area contributed by atoms with Crippen LogP contribution in [0.25, 0.3) is 0 Å². The van der Waals surface area contributed by atoms with Crippen molar-refractivity contribution in [2.24, 2.45) is 0 Å². The van der Waals surface area contributed by atoms with Crippen LogP contribution in [0.4, 0.5) is 0 Å². The number of benzene rings is 3. The van der Waals surface area contributed by atoms with Crippen molar-refractivity contribution in [3.63, 3.8) is 0 Å². The molecule has 0 radical (unpaired) electrons. The molecule has 0 saturated carbocycles. The van der Waals surface area contributed by atoms with Crippen molar-refractivity contribution < 1.29 is 19.1 Å².